The van der Waals surface area contributed by atoms with Crippen LogP contribution in [0.25, 0.3) is 0 Å². The highest BCUT2D eigenvalue weighted by atomic mass is 16.4. The van der Waals surface area contributed by atoms with Crippen LogP contribution in [0.2, 0.25) is 0 Å². The van der Waals surface area contributed by atoms with Crippen molar-refractivity contribution in [2.24, 2.45) is 4.99 Å². The lowest BCUT2D eigenvalue weighted by Gasteiger charge is -2.24. The monoisotopic (exact) mass is 625 g/mol. The molecule has 0 saturated heterocycles. The summed E-state index contributed by atoms with van der Waals surface area (Å²) in [5, 5.41) is 23.5. The molecule has 238 valence electrons. The molecule has 3 N–H and O–H groups in total. The van der Waals surface area contributed by atoms with Crippen LogP contribution in [-0.2, 0) is 22.7 Å². The number of hydrogen-bond donors (Lipinski definition) is 3. The van der Waals surface area contributed by atoms with Gasteiger partial charge in [0.1, 0.15) is 0 Å². The summed E-state index contributed by atoms with van der Waals surface area (Å²) in [6.07, 6.45) is 0.226. The van der Waals surface area contributed by atoms with E-state index in [1.807, 2.05) is 146 Å². The molecule has 0 spiro atoms. The summed E-state index contributed by atoms with van der Waals surface area (Å²) in [5.74, 6) is -1.86. The van der Waals surface area contributed by atoms with Crippen molar-refractivity contribution in [1.82, 2.24) is 4.90 Å². The van der Waals surface area contributed by atoms with E-state index in [-0.39, 0.29) is 25.5 Å². The molecule has 2 atom stereocenters. The van der Waals surface area contributed by atoms with Crippen LogP contribution in [0.15, 0.2) is 151 Å². The lowest BCUT2D eigenvalue weighted by molar-refractivity contribution is -0.139. The number of aliphatic carboxylic acids is 1. The third-order valence-electron chi connectivity index (χ3n) is 7.94. The fraction of sp³-hybridized carbons (Fsp3) is 0.175. The summed E-state index contributed by atoms with van der Waals surface area (Å²) in [6, 6.07) is 44.9. The molecule has 0 heterocycles. The largest absolute Gasteiger partial charge is 0.480 e. The number of nitrogens with zero attached hydrogens (tertiary/aromatic N) is 2. The SMILES string of the molecule is O=C(CN(Cc1ccccc1)Cc1ccccc1)Nc1ccccc1C(=N[C@@H](C(=O)O)[C@@H](CCO)c1ccccc1)c1ccccc1. The van der Waals surface area contributed by atoms with Gasteiger partial charge in [0.15, 0.2) is 6.04 Å². The minimum Gasteiger partial charge on any atom is -0.480 e. The van der Waals surface area contributed by atoms with Gasteiger partial charge >= 0.3 is 5.97 Å². The molecule has 7 nitrogen and oxygen atoms in total. The van der Waals surface area contributed by atoms with Gasteiger partial charge in [0.25, 0.3) is 0 Å². The molecule has 0 aliphatic heterocycles. The molecule has 0 saturated carbocycles. The number of carboxylic acid groups (broad SMARTS) is 1. The Bertz CT molecular complexity index is 1700. The number of hydrogen-bond acceptors (Lipinski definition) is 5. The molecule has 0 radical (unpaired) electrons. The van der Waals surface area contributed by atoms with Crippen molar-refractivity contribution in [2.75, 3.05) is 18.5 Å². The van der Waals surface area contributed by atoms with Crippen molar-refractivity contribution in [1.29, 1.82) is 0 Å². The Labute approximate surface area is 275 Å². The number of amides is 1. The number of aliphatic hydroxyl groups is 1. The van der Waals surface area contributed by atoms with E-state index in [1.54, 1.807) is 0 Å². The zero-order valence-corrected chi connectivity index (χ0v) is 26.2. The summed E-state index contributed by atoms with van der Waals surface area (Å²) in [6.45, 7) is 1.13. The summed E-state index contributed by atoms with van der Waals surface area (Å²) in [5.41, 5.74) is 5.28. The van der Waals surface area contributed by atoms with E-state index in [1.165, 1.54) is 0 Å². The lowest BCUT2D eigenvalue weighted by atomic mass is 9.88. The number of carboxylic acids is 1. The Morgan fingerprint density at radius 1 is 0.681 bits per heavy atom. The maximum absolute atomic E-state index is 13.7. The molecule has 0 bridgehead atoms. The van der Waals surface area contributed by atoms with Gasteiger partial charge in [0, 0.05) is 36.7 Å². The highest BCUT2D eigenvalue weighted by Crippen LogP contribution is 2.29. The number of para-hydroxylation sites is 1. The number of carbonyl (C=O) groups is 2. The molecule has 5 aromatic rings. The zero-order chi connectivity index (χ0) is 32.8. The first-order valence-corrected chi connectivity index (χ1v) is 15.7. The van der Waals surface area contributed by atoms with Crippen molar-refractivity contribution in [3.05, 3.63) is 173 Å². The van der Waals surface area contributed by atoms with Crippen LogP contribution < -0.4 is 5.32 Å². The predicted molar refractivity (Wildman–Crippen MR) is 186 cm³/mol. The molecule has 0 fully saturated rings. The van der Waals surface area contributed by atoms with E-state index >= 15 is 0 Å². The summed E-state index contributed by atoms with van der Waals surface area (Å²) >= 11 is 0. The third kappa shape index (κ3) is 9.33. The highest BCUT2D eigenvalue weighted by molar-refractivity contribution is 6.17. The van der Waals surface area contributed by atoms with Gasteiger partial charge < -0.3 is 15.5 Å². The second-order valence-electron chi connectivity index (χ2n) is 11.4. The van der Waals surface area contributed by atoms with Crippen LogP contribution in [0.5, 0.6) is 0 Å². The van der Waals surface area contributed by atoms with Crippen molar-refractivity contribution < 1.29 is 19.8 Å². The Morgan fingerprint density at radius 2 is 1.19 bits per heavy atom. The van der Waals surface area contributed by atoms with E-state index in [4.69, 9.17) is 4.99 Å². The number of anilines is 1. The third-order valence-corrected chi connectivity index (χ3v) is 7.94. The van der Waals surface area contributed by atoms with Gasteiger partial charge in [0.05, 0.1) is 17.9 Å². The summed E-state index contributed by atoms with van der Waals surface area (Å²) in [4.78, 5) is 33.5. The second-order valence-corrected chi connectivity index (χ2v) is 11.4. The van der Waals surface area contributed by atoms with Gasteiger partial charge in [-0.05, 0) is 29.2 Å². The Kier molecular flexibility index (Phi) is 11.8. The lowest BCUT2D eigenvalue weighted by Crippen LogP contribution is -2.33. The molecule has 7 heteroatoms. The van der Waals surface area contributed by atoms with Crippen LogP contribution in [0, 0.1) is 0 Å². The Morgan fingerprint density at radius 3 is 1.74 bits per heavy atom. The van der Waals surface area contributed by atoms with Crippen LogP contribution in [0.1, 0.15) is 40.2 Å². The minimum atomic E-state index is -1.18. The average Bonchev–Trinajstić information content (AvgIpc) is 3.10. The first kappa shape index (κ1) is 33.0. The molecule has 1 amide bonds. The van der Waals surface area contributed by atoms with Crippen LogP contribution >= 0.6 is 0 Å². The molecule has 5 aromatic carbocycles. The van der Waals surface area contributed by atoms with Gasteiger partial charge in [-0.15, -0.1) is 0 Å². The first-order chi connectivity index (χ1) is 23.0. The molecule has 0 aromatic heterocycles. The summed E-state index contributed by atoms with van der Waals surface area (Å²) in [7, 11) is 0. The first-order valence-electron chi connectivity index (χ1n) is 15.7. The maximum atomic E-state index is 13.7. The Balaban J connectivity index is 1.48. The normalized spacial score (nSPS) is 12.8. The van der Waals surface area contributed by atoms with Crippen molar-refractivity contribution in [3.8, 4) is 0 Å². The molecule has 5 rings (SSSR count). The molecular formula is C40H39N3O4. The number of aliphatic imine (C=N–C) groups is 1. The quantitative estimate of drug-likeness (QED) is 0.111. The Hall–Kier alpha value is -5.37. The van der Waals surface area contributed by atoms with E-state index in [2.05, 4.69) is 10.2 Å². The topological polar surface area (TPSA) is 102 Å². The fourth-order valence-electron chi connectivity index (χ4n) is 5.74. The van der Waals surface area contributed by atoms with Crippen molar-refractivity contribution in [3.63, 3.8) is 0 Å². The van der Waals surface area contributed by atoms with E-state index in [0.717, 1.165) is 16.7 Å². The van der Waals surface area contributed by atoms with Gasteiger partial charge in [0.2, 0.25) is 5.91 Å². The predicted octanol–water partition coefficient (Wildman–Crippen LogP) is 6.78. The van der Waals surface area contributed by atoms with E-state index in [9.17, 15) is 19.8 Å². The molecule has 0 aliphatic rings. The average molecular weight is 626 g/mol. The maximum Gasteiger partial charge on any atom is 0.329 e. The van der Waals surface area contributed by atoms with E-state index in [0.29, 0.717) is 35.6 Å². The molecule has 0 aliphatic carbocycles. The molecular weight excluding hydrogens is 586 g/mol. The van der Waals surface area contributed by atoms with Crippen LogP contribution in [0.4, 0.5) is 5.69 Å². The van der Waals surface area contributed by atoms with Crippen LogP contribution in [0.3, 0.4) is 0 Å². The standard InChI is InChI=1S/C40H39N3O4/c44-26-25-34(32-19-9-3-10-20-32)39(40(46)47)42-38(33-21-11-4-12-22-33)35-23-13-14-24-36(35)41-37(45)29-43(27-30-15-5-1-6-16-30)28-31-17-7-2-8-18-31/h1-24,34,39,44H,25-29H2,(H,41,45)(H,46,47)/t34-,39+/m0/s1. The van der Waals surface area contributed by atoms with Crippen molar-refractivity contribution >= 4 is 23.3 Å². The zero-order valence-electron chi connectivity index (χ0n) is 26.2. The number of aliphatic hydroxyl groups excluding tert-OH is 1. The van der Waals surface area contributed by atoms with E-state index < -0.39 is 17.9 Å². The molecule has 0 unspecified atom stereocenters. The van der Waals surface area contributed by atoms with Gasteiger partial charge in [-0.25, -0.2) is 4.79 Å². The smallest absolute Gasteiger partial charge is 0.329 e. The number of rotatable bonds is 15. The van der Waals surface area contributed by atoms with Crippen LogP contribution in [-0.4, -0.2) is 51.9 Å². The van der Waals surface area contributed by atoms with Gasteiger partial charge in [-0.2, -0.15) is 0 Å². The van der Waals surface area contributed by atoms with Crippen molar-refractivity contribution in [2.45, 2.75) is 31.5 Å². The summed E-state index contributed by atoms with van der Waals surface area (Å²) < 4.78 is 0. The second kappa shape index (κ2) is 16.8. The number of carbonyl (C=O) groups excluding carboxylic acids is 1. The number of nitrogens with one attached hydrogen (secondary N) is 1. The van der Waals surface area contributed by atoms with Gasteiger partial charge in [-0.3, -0.25) is 14.7 Å². The number of benzene rings is 5. The molecule has 47 heavy (non-hydrogen) atoms. The highest BCUT2D eigenvalue weighted by Gasteiger charge is 2.30. The minimum absolute atomic E-state index is 0.139. The fourth-order valence-corrected chi connectivity index (χ4v) is 5.74. The van der Waals surface area contributed by atoms with Gasteiger partial charge in [-0.1, -0.05) is 140 Å².